The van der Waals surface area contributed by atoms with E-state index in [-0.39, 0.29) is 40.0 Å². The lowest BCUT2D eigenvalue weighted by atomic mass is 10.0. The van der Waals surface area contributed by atoms with Crippen LogP contribution in [0.15, 0.2) is 41.1 Å². The molecule has 2 heterocycles. The number of nitrogens with zero attached hydrogens (tertiary/aromatic N) is 1. The second-order valence-electron chi connectivity index (χ2n) is 9.74. The molecule has 0 N–H and O–H groups in total. The van der Waals surface area contributed by atoms with Crippen LogP contribution in [-0.4, -0.2) is 49.9 Å². The highest BCUT2D eigenvalue weighted by Gasteiger charge is 2.52. The first-order valence-electron chi connectivity index (χ1n) is 10.6. The van der Waals surface area contributed by atoms with Crippen molar-refractivity contribution < 1.29 is 23.5 Å². The molecule has 0 aliphatic carbocycles. The molecule has 2 aliphatic rings. The quantitative estimate of drug-likeness (QED) is 0.454. The highest BCUT2D eigenvalue weighted by atomic mass is 35.5. The van der Waals surface area contributed by atoms with Gasteiger partial charge >= 0.3 is 5.97 Å². The van der Waals surface area contributed by atoms with Crippen molar-refractivity contribution in [2.45, 2.75) is 77.1 Å². The van der Waals surface area contributed by atoms with E-state index in [1.54, 1.807) is 4.90 Å². The van der Waals surface area contributed by atoms with Gasteiger partial charge < -0.3 is 18.8 Å². The van der Waals surface area contributed by atoms with Crippen LogP contribution >= 0.6 is 11.6 Å². The molecule has 1 unspecified atom stereocenters. The molecule has 6 nitrogen and oxygen atoms in total. The molecule has 3 rings (SSSR count). The van der Waals surface area contributed by atoms with Gasteiger partial charge in [-0.15, -0.1) is 0 Å². The van der Waals surface area contributed by atoms with Crippen LogP contribution in [0.2, 0.25) is 18.1 Å². The minimum atomic E-state index is -2.12. The zero-order valence-corrected chi connectivity index (χ0v) is 20.9. The van der Waals surface area contributed by atoms with Crippen molar-refractivity contribution in [3.8, 4) is 0 Å². The summed E-state index contributed by atoms with van der Waals surface area (Å²) in [7, 11) is -2.12. The molecule has 8 heteroatoms. The highest BCUT2D eigenvalue weighted by molar-refractivity contribution is 6.74. The number of benzene rings is 1. The Kier molecular flexibility index (Phi) is 7.01. The monoisotopic (exact) mass is 465 g/mol. The van der Waals surface area contributed by atoms with Crippen molar-refractivity contribution in [2.24, 2.45) is 0 Å². The first-order chi connectivity index (χ1) is 14.4. The van der Waals surface area contributed by atoms with Crippen molar-refractivity contribution >= 4 is 31.8 Å². The smallest absolute Gasteiger partial charge is 0.307 e. The number of esters is 1. The van der Waals surface area contributed by atoms with E-state index >= 15 is 0 Å². The maximum Gasteiger partial charge on any atom is 0.307 e. The van der Waals surface area contributed by atoms with Crippen molar-refractivity contribution in [3.63, 3.8) is 0 Å². The molecule has 1 fully saturated rings. The fourth-order valence-electron chi connectivity index (χ4n) is 3.75. The Bertz CT molecular complexity index is 864. The predicted octanol–water partition coefficient (Wildman–Crippen LogP) is 4.59. The van der Waals surface area contributed by atoms with Crippen LogP contribution < -0.4 is 0 Å². The number of halogens is 1. The van der Waals surface area contributed by atoms with E-state index in [2.05, 4.69) is 33.9 Å². The Balaban J connectivity index is 1.88. The molecular formula is C23H32ClNO5Si. The van der Waals surface area contributed by atoms with Crippen LogP contribution in [0.25, 0.3) is 0 Å². The summed E-state index contributed by atoms with van der Waals surface area (Å²) in [6.07, 6.45) is -0.311. The summed E-state index contributed by atoms with van der Waals surface area (Å²) in [5, 5.41) is -0.0238. The molecule has 0 bridgehead atoms. The van der Waals surface area contributed by atoms with Crippen molar-refractivity contribution in [2.75, 3.05) is 6.54 Å². The third-order valence-electron chi connectivity index (χ3n) is 6.41. The van der Waals surface area contributed by atoms with Gasteiger partial charge in [0.25, 0.3) is 5.91 Å². The van der Waals surface area contributed by atoms with Crippen LogP contribution in [0.3, 0.4) is 0 Å². The van der Waals surface area contributed by atoms with Crippen LogP contribution in [0.4, 0.5) is 0 Å². The maximum atomic E-state index is 13.0. The number of hydrogen-bond acceptors (Lipinski definition) is 5. The van der Waals surface area contributed by atoms with Crippen LogP contribution in [0.1, 0.15) is 39.7 Å². The molecule has 0 aromatic heterocycles. The van der Waals surface area contributed by atoms with Crippen LogP contribution in [0.5, 0.6) is 0 Å². The molecule has 1 aromatic rings. The maximum absolute atomic E-state index is 13.0. The van der Waals surface area contributed by atoms with Gasteiger partial charge in [0, 0.05) is 19.9 Å². The van der Waals surface area contributed by atoms with Crippen molar-refractivity contribution in [1.82, 2.24) is 4.90 Å². The molecule has 1 amide bonds. The van der Waals surface area contributed by atoms with Crippen molar-refractivity contribution in [1.29, 1.82) is 0 Å². The van der Waals surface area contributed by atoms with Gasteiger partial charge in [0.1, 0.15) is 16.9 Å². The number of carbonyl (C=O) groups is 2. The predicted molar refractivity (Wildman–Crippen MR) is 122 cm³/mol. The fraction of sp³-hybridized carbons (Fsp3) is 0.565. The minimum Gasteiger partial charge on any atom is -0.429 e. The summed E-state index contributed by atoms with van der Waals surface area (Å²) in [6.45, 7) is 13.0. The molecular weight excluding hydrogens is 434 g/mol. The first kappa shape index (κ1) is 24.0. The first-order valence-corrected chi connectivity index (χ1v) is 13.9. The van der Waals surface area contributed by atoms with Crippen LogP contribution in [0, 0.1) is 0 Å². The van der Waals surface area contributed by atoms with Crippen molar-refractivity contribution in [3.05, 3.63) is 46.7 Å². The van der Waals surface area contributed by atoms with E-state index < -0.39 is 14.3 Å². The van der Waals surface area contributed by atoms with Gasteiger partial charge in [-0.1, -0.05) is 62.7 Å². The van der Waals surface area contributed by atoms with Gasteiger partial charge in [-0.05, 0) is 23.7 Å². The Labute approximate surface area is 190 Å². The summed E-state index contributed by atoms with van der Waals surface area (Å²) in [5.41, 5.74) is 1.04. The van der Waals surface area contributed by atoms with Gasteiger partial charge in [0.15, 0.2) is 8.32 Å². The number of amides is 1. The van der Waals surface area contributed by atoms with Gasteiger partial charge in [-0.2, -0.15) is 0 Å². The summed E-state index contributed by atoms with van der Waals surface area (Å²) >= 11 is 6.26. The lowest BCUT2D eigenvalue weighted by molar-refractivity contribution is -0.139. The van der Waals surface area contributed by atoms with Crippen LogP contribution in [-0.2, 0) is 30.1 Å². The average molecular weight is 466 g/mol. The second kappa shape index (κ2) is 9.06. The standard InChI is InChI=1S/C23H32ClNO5Si/c1-15(26)29-18-12-17-21(28-14-16-10-8-7-9-11-16)19(13-25(17)22(27)20(18)24)30-31(5,6)23(2,3)4/h7-11,17,19,21H,12-14H2,1-6H3/t17?,19-,21+/m1/s1. The number of ether oxygens (including phenoxy) is 2. The average Bonchev–Trinajstić information content (AvgIpc) is 3.00. The number of hydrogen-bond donors (Lipinski definition) is 0. The van der Waals surface area contributed by atoms with E-state index in [0.717, 1.165) is 5.56 Å². The summed E-state index contributed by atoms with van der Waals surface area (Å²) in [5.74, 6) is -0.631. The van der Waals surface area contributed by atoms with E-state index in [1.165, 1.54) is 6.92 Å². The topological polar surface area (TPSA) is 65.1 Å². The number of carbonyl (C=O) groups excluding carboxylic acids is 2. The van der Waals surface area contributed by atoms with E-state index in [9.17, 15) is 9.59 Å². The molecule has 0 saturated carbocycles. The second-order valence-corrected chi connectivity index (χ2v) is 14.9. The Morgan fingerprint density at radius 3 is 2.45 bits per heavy atom. The molecule has 0 radical (unpaired) electrons. The normalized spacial score (nSPS) is 24.4. The largest absolute Gasteiger partial charge is 0.429 e. The molecule has 170 valence electrons. The molecule has 0 spiro atoms. The minimum absolute atomic E-state index is 0.0167. The SMILES string of the molecule is CC(=O)OC1=C(Cl)C(=O)N2C[C@@H](O[Si](C)(C)C(C)(C)C)[C@@H](OCc3ccccc3)C2C1. The summed E-state index contributed by atoms with van der Waals surface area (Å²) in [6, 6.07) is 9.60. The summed E-state index contributed by atoms with van der Waals surface area (Å²) in [4.78, 5) is 26.2. The summed E-state index contributed by atoms with van der Waals surface area (Å²) < 4.78 is 18.3. The molecule has 3 atom stereocenters. The third-order valence-corrected chi connectivity index (χ3v) is 11.3. The zero-order chi connectivity index (χ0) is 23.0. The van der Waals surface area contributed by atoms with E-state index in [0.29, 0.717) is 19.6 Å². The van der Waals surface area contributed by atoms with Gasteiger partial charge in [-0.3, -0.25) is 9.59 Å². The van der Waals surface area contributed by atoms with Gasteiger partial charge in [-0.25, -0.2) is 0 Å². The molecule has 2 aliphatic heterocycles. The van der Waals surface area contributed by atoms with E-state index in [4.69, 9.17) is 25.5 Å². The lowest BCUT2D eigenvalue weighted by Gasteiger charge is -2.39. The van der Waals surface area contributed by atoms with Gasteiger partial charge in [0.2, 0.25) is 0 Å². The van der Waals surface area contributed by atoms with Gasteiger partial charge in [0.05, 0.1) is 18.8 Å². The number of rotatable bonds is 6. The Hall–Kier alpha value is -1.67. The number of fused-ring (bicyclic) bond motifs is 1. The molecule has 1 saturated heterocycles. The molecule has 31 heavy (non-hydrogen) atoms. The zero-order valence-electron chi connectivity index (χ0n) is 19.1. The fourth-order valence-corrected chi connectivity index (χ4v) is 5.29. The van der Waals surface area contributed by atoms with E-state index in [1.807, 2.05) is 30.3 Å². The third kappa shape index (κ3) is 5.22. The molecule has 1 aromatic carbocycles. The Morgan fingerprint density at radius 1 is 1.23 bits per heavy atom. The lowest BCUT2D eigenvalue weighted by Crippen LogP contribution is -2.48. The highest BCUT2D eigenvalue weighted by Crippen LogP contribution is 2.42. The Morgan fingerprint density at radius 2 is 1.87 bits per heavy atom.